The first-order valence-electron chi connectivity index (χ1n) is 3.62. The second-order valence-corrected chi connectivity index (χ2v) is 2.60. The van der Waals surface area contributed by atoms with Gasteiger partial charge in [-0.3, -0.25) is 0 Å². The van der Waals surface area contributed by atoms with Crippen molar-refractivity contribution >= 4 is 16.6 Å². The third-order valence-corrected chi connectivity index (χ3v) is 2.68. The van der Waals surface area contributed by atoms with E-state index in [-0.39, 0.29) is 24.5 Å². The van der Waals surface area contributed by atoms with Crippen molar-refractivity contribution in [1.29, 1.82) is 0 Å². The van der Waals surface area contributed by atoms with Crippen LogP contribution in [0.5, 0.6) is 0 Å². The molecule has 3 radical (unpaired) electrons. The first-order valence-corrected chi connectivity index (χ1v) is 4.09. The van der Waals surface area contributed by atoms with Crippen molar-refractivity contribution in [2.45, 2.75) is 45.6 Å². The van der Waals surface area contributed by atoms with Crippen LogP contribution in [0.2, 0.25) is 0 Å². The van der Waals surface area contributed by atoms with Crippen molar-refractivity contribution < 1.29 is 22.6 Å². The van der Waals surface area contributed by atoms with Gasteiger partial charge in [-0.1, -0.05) is 20.8 Å². The molecule has 0 aromatic rings. The smallest absolute Gasteiger partial charge is 0.756 e. The zero-order chi connectivity index (χ0) is 7.33. The predicted octanol–water partition coefficient (Wildman–Crippen LogP) is -0.941. The quantitative estimate of drug-likeness (QED) is 0.469. The SMILES string of the molecule is CCC(CC)(CC)[O][Al-].[Li+]. The molecule has 0 aliphatic heterocycles. The summed E-state index contributed by atoms with van der Waals surface area (Å²) in [6, 6.07) is 0. The van der Waals surface area contributed by atoms with Crippen LogP contribution >= 0.6 is 0 Å². The van der Waals surface area contributed by atoms with E-state index in [0.29, 0.717) is 0 Å². The van der Waals surface area contributed by atoms with E-state index >= 15 is 0 Å². The maximum absolute atomic E-state index is 5.30. The number of rotatable bonds is 4. The summed E-state index contributed by atoms with van der Waals surface area (Å²) in [6.45, 7) is 6.49. The normalized spacial score (nSPS) is 10.8. The van der Waals surface area contributed by atoms with Gasteiger partial charge in [-0.2, -0.15) is 0 Å². The van der Waals surface area contributed by atoms with Crippen LogP contribution in [-0.2, 0) is 3.79 Å². The Morgan fingerprint density at radius 2 is 1.40 bits per heavy atom. The summed E-state index contributed by atoms with van der Waals surface area (Å²) >= 11 is 2.36. The average Bonchev–Trinajstić information content (AvgIpc) is 1.95. The molecule has 0 aliphatic rings. The molecule has 0 aliphatic carbocycles. The Bertz CT molecular complexity index is 56.5. The van der Waals surface area contributed by atoms with Crippen molar-refractivity contribution in [1.82, 2.24) is 0 Å². The summed E-state index contributed by atoms with van der Waals surface area (Å²) in [5, 5.41) is 0. The standard InChI is InChI=1S/C7H15O.Al.Li/c1-4-7(8,5-2)6-3;;/h4-6H2,1-3H3;;/q-1;;+1. The molecule has 0 heterocycles. The predicted molar refractivity (Wildman–Crippen MR) is 40.4 cm³/mol. The average molecular weight is 149 g/mol. The maximum atomic E-state index is 5.30. The van der Waals surface area contributed by atoms with Crippen molar-refractivity contribution in [3.63, 3.8) is 0 Å². The van der Waals surface area contributed by atoms with E-state index in [0.717, 1.165) is 19.3 Å². The van der Waals surface area contributed by atoms with Gasteiger partial charge in [0.05, 0.1) is 0 Å². The largest absolute Gasteiger partial charge is 1.00 e. The second kappa shape index (κ2) is 6.78. The molecule has 0 saturated carbocycles. The van der Waals surface area contributed by atoms with Gasteiger partial charge in [0.2, 0.25) is 0 Å². The van der Waals surface area contributed by atoms with E-state index in [2.05, 4.69) is 37.4 Å². The summed E-state index contributed by atoms with van der Waals surface area (Å²) in [4.78, 5) is 0. The zero-order valence-electron chi connectivity index (χ0n) is 7.61. The minimum atomic E-state index is 0. The molecule has 53 valence electrons. The Morgan fingerprint density at radius 3 is 1.40 bits per heavy atom. The Balaban J connectivity index is 0. The molecule has 0 saturated heterocycles. The summed E-state index contributed by atoms with van der Waals surface area (Å²) < 4.78 is 5.30. The molecule has 0 atom stereocenters. The van der Waals surface area contributed by atoms with E-state index in [1.807, 2.05) is 0 Å². The molecule has 0 rings (SSSR count). The van der Waals surface area contributed by atoms with Gasteiger partial charge < -0.3 is 20.4 Å². The fourth-order valence-corrected chi connectivity index (χ4v) is 1.50. The van der Waals surface area contributed by atoms with Crippen molar-refractivity contribution in [3.05, 3.63) is 0 Å². The van der Waals surface area contributed by atoms with Crippen LogP contribution in [0, 0.1) is 0 Å². The first-order chi connectivity index (χ1) is 4.24. The summed E-state index contributed by atoms with van der Waals surface area (Å²) in [7, 11) is 0. The van der Waals surface area contributed by atoms with Crippen LogP contribution in [0.15, 0.2) is 0 Å². The zero-order valence-corrected chi connectivity index (χ0v) is 8.76. The minimum absolute atomic E-state index is 0. The molecule has 0 unspecified atom stereocenters. The van der Waals surface area contributed by atoms with Crippen LogP contribution in [0.25, 0.3) is 0 Å². The van der Waals surface area contributed by atoms with E-state index in [4.69, 9.17) is 3.79 Å². The monoisotopic (exact) mass is 149 g/mol. The fourth-order valence-electron chi connectivity index (χ4n) is 1.00. The summed E-state index contributed by atoms with van der Waals surface area (Å²) in [5.74, 6) is 0. The van der Waals surface area contributed by atoms with Gasteiger partial charge in [0, 0.05) is 5.60 Å². The van der Waals surface area contributed by atoms with E-state index in [1.165, 1.54) is 0 Å². The maximum Gasteiger partial charge on any atom is 1.00 e. The Hall–Kier alpha value is 1.09. The Labute approximate surface area is 84.8 Å². The van der Waals surface area contributed by atoms with E-state index in [9.17, 15) is 0 Å². The Morgan fingerprint density at radius 1 is 1.10 bits per heavy atom. The molecule has 1 nitrogen and oxygen atoms in total. The molecule has 0 aromatic carbocycles. The summed E-state index contributed by atoms with van der Waals surface area (Å²) in [6.07, 6.45) is 3.30. The minimum Gasteiger partial charge on any atom is -0.756 e. The van der Waals surface area contributed by atoms with Gasteiger partial charge in [0.1, 0.15) is 0 Å². The summed E-state index contributed by atoms with van der Waals surface area (Å²) in [5.41, 5.74) is 0.130. The first kappa shape index (κ1) is 13.7. The van der Waals surface area contributed by atoms with Crippen molar-refractivity contribution in [2.75, 3.05) is 0 Å². The molecule has 0 bridgehead atoms. The molecule has 3 heteroatoms. The molecule has 0 amide bonds. The van der Waals surface area contributed by atoms with Crippen LogP contribution in [-0.4, -0.2) is 22.2 Å². The fraction of sp³-hybridized carbons (Fsp3) is 1.00. The van der Waals surface area contributed by atoms with Crippen LogP contribution in [0.1, 0.15) is 40.0 Å². The van der Waals surface area contributed by atoms with Gasteiger partial charge in [-0.05, 0) is 19.3 Å². The molecule has 0 fully saturated rings. The van der Waals surface area contributed by atoms with Gasteiger partial charge in [0.15, 0.2) is 0 Å². The van der Waals surface area contributed by atoms with Gasteiger partial charge in [-0.25, -0.2) is 0 Å². The van der Waals surface area contributed by atoms with Crippen molar-refractivity contribution in [3.8, 4) is 0 Å². The molecular weight excluding hydrogens is 134 g/mol. The van der Waals surface area contributed by atoms with Gasteiger partial charge >= 0.3 is 18.9 Å². The molecule has 0 spiro atoms. The Kier molecular flexibility index (Phi) is 9.26. The van der Waals surface area contributed by atoms with Gasteiger partial charge in [-0.15, -0.1) is 0 Å². The van der Waals surface area contributed by atoms with Gasteiger partial charge in [0.25, 0.3) is 0 Å². The topological polar surface area (TPSA) is 9.23 Å². The molecule has 0 N–H and O–H groups in total. The van der Waals surface area contributed by atoms with Crippen LogP contribution in [0.4, 0.5) is 0 Å². The number of hydrogen-bond acceptors (Lipinski definition) is 1. The van der Waals surface area contributed by atoms with Crippen LogP contribution in [0.3, 0.4) is 0 Å². The molecule has 10 heavy (non-hydrogen) atoms. The van der Waals surface area contributed by atoms with Crippen molar-refractivity contribution in [2.24, 2.45) is 0 Å². The van der Waals surface area contributed by atoms with E-state index in [1.54, 1.807) is 0 Å². The third kappa shape index (κ3) is 3.47. The van der Waals surface area contributed by atoms with Crippen LogP contribution < -0.4 is 18.9 Å². The second-order valence-electron chi connectivity index (χ2n) is 2.36. The molecular formula is C7H15AlLiO. The molecule has 0 aromatic heterocycles. The number of hydrogen-bond donors (Lipinski definition) is 0. The third-order valence-electron chi connectivity index (χ3n) is 2.18. The van der Waals surface area contributed by atoms with E-state index < -0.39 is 0 Å².